The number of aryl methyl sites for hydroxylation is 2. The highest BCUT2D eigenvalue weighted by atomic mass is 16.5. The van der Waals surface area contributed by atoms with Gasteiger partial charge in [0.05, 0.1) is 34.0 Å². The molecule has 2 aromatic carbocycles. The van der Waals surface area contributed by atoms with Gasteiger partial charge in [0.25, 0.3) is 0 Å². The van der Waals surface area contributed by atoms with E-state index in [0.717, 1.165) is 81.0 Å². The van der Waals surface area contributed by atoms with Crippen molar-refractivity contribution in [3.8, 4) is 23.0 Å². The van der Waals surface area contributed by atoms with Crippen LogP contribution < -0.4 is 18.9 Å². The van der Waals surface area contributed by atoms with Crippen molar-refractivity contribution in [1.82, 2.24) is 4.90 Å². The van der Waals surface area contributed by atoms with Crippen LogP contribution in [0.3, 0.4) is 0 Å². The Balaban J connectivity index is 1.52. The minimum atomic E-state index is -0.0797. The molecule has 1 aliphatic carbocycles. The molecule has 0 unspecified atom stereocenters. The van der Waals surface area contributed by atoms with Gasteiger partial charge in [-0.05, 0) is 99.5 Å². The van der Waals surface area contributed by atoms with E-state index in [4.69, 9.17) is 23.7 Å². The Morgan fingerprint density at radius 2 is 1.29 bits per heavy atom. The molecule has 0 atom stereocenters. The van der Waals surface area contributed by atoms with Crippen molar-refractivity contribution in [2.45, 2.75) is 50.5 Å². The Hall–Kier alpha value is -2.44. The summed E-state index contributed by atoms with van der Waals surface area (Å²) in [6.45, 7) is 2.05. The highest BCUT2D eigenvalue weighted by Crippen LogP contribution is 2.38. The van der Waals surface area contributed by atoms with E-state index >= 15 is 0 Å². The van der Waals surface area contributed by atoms with Crippen LogP contribution in [0.1, 0.15) is 42.4 Å². The highest BCUT2D eigenvalue weighted by molar-refractivity contribution is 5.48. The van der Waals surface area contributed by atoms with Gasteiger partial charge in [0.2, 0.25) is 0 Å². The summed E-state index contributed by atoms with van der Waals surface area (Å²) >= 11 is 0. The average Bonchev–Trinajstić information content (AvgIpc) is 3.05. The smallest absolute Gasteiger partial charge is 0.161 e. The first-order valence-corrected chi connectivity index (χ1v) is 12.2. The third-order valence-electron chi connectivity index (χ3n) is 7.24. The lowest BCUT2D eigenvalue weighted by Crippen LogP contribution is -2.33. The van der Waals surface area contributed by atoms with Crippen molar-refractivity contribution < 1.29 is 23.7 Å². The van der Waals surface area contributed by atoms with Crippen LogP contribution in [0, 0.1) is 0 Å². The van der Waals surface area contributed by atoms with Crippen LogP contribution in [-0.4, -0.2) is 66.2 Å². The summed E-state index contributed by atoms with van der Waals surface area (Å²) < 4.78 is 28.0. The van der Waals surface area contributed by atoms with Crippen molar-refractivity contribution in [1.29, 1.82) is 0 Å². The minimum Gasteiger partial charge on any atom is -0.493 e. The number of rotatable bonds is 12. The zero-order valence-electron chi connectivity index (χ0n) is 21.7. The molecule has 1 aliphatic rings. The molecule has 0 radical (unpaired) electrons. The van der Waals surface area contributed by atoms with E-state index in [2.05, 4.69) is 36.2 Å². The number of fused-ring (bicyclic) bond motifs is 1. The lowest BCUT2D eigenvalue weighted by Gasteiger charge is -2.32. The number of hydrogen-bond acceptors (Lipinski definition) is 6. The number of likely N-dealkylation sites (N-methyl/N-ethyl adjacent to an activating group) is 1. The molecule has 0 saturated heterocycles. The van der Waals surface area contributed by atoms with Gasteiger partial charge < -0.3 is 28.6 Å². The van der Waals surface area contributed by atoms with Crippen LogP contribution in [0.5, 0.6) is 23.0 Å². The SMILES string of the molecule is COc1ccc(CCN(C)CCCC2(OC)CCc3cc(OC)c(OC)cc3CC2)cc1OC. The molecule has 188 valence electrons. The van der Waals surface area contributed by atoms with Crippen molar-refractivity contribution >= 4 is 0 Å². The molecule has 0 fully saturated rings. The van der Waals surface area contributed by atoms with Crippen molar-refractivity contribution in [3.05, 3.63) is 47.0 Å². The van der Waals surface area contributed by atoms with Crippen LogP contribution >= 0.6 is 0 Å². The molecule has 0 N–H and O–H groups in total. The molecular formula is C28H41NO5. The van der Waals surface area contributed by atoms with E-state index in [1.807, 2.05) is 13.2 Å². The molecule has 0 saturated carbocycles. The fraction of sp³-hybridized carbons (Fsp3) is 0.571. The molecule has 6 nitrogen and oxygen atoms in total. The van der Waals surface area contributed by atoms with Gasteiger partial charge >= 0.3 is 0 Å². The number of hydrogen-bond donors (Lipinski definition) is 0. The second-order valence-corrected chi connectivity index (χ2v) is 9.21. The third-order valence-corrected chi connectivity index (χ3v) is 7.24. The van der Waals surface area contributed by atoms with E-state index in [1.54, 1.807) is 28.4 Å². The predicted octanol–water partition coefficient (Wildman–Crippen LogP) is 4.94. The summed E-state index contributed by atoms with van der Waals surface area (Å²) in [6, 6.07) is 10.4. The van der Waals surface area contributed by atoms with Crippen LogP contribution in [-0.2, 0) is 24.0 Å². The second-order valence-electron chi connectivity index (χ2n) is 9.21. The molecule has 0 spiro atoms. The van der Waals surface area contributed by atoms with Crippen LogP contribution in [0.4, 0.5) is 0 Å². The molecule has 34 heavy (non-hydrogen) atoms. The quantitative estimate of drug-likeness (QED) is 0.409. The maximum Gasteiger partial charge on any atom is 0.161 e. The number of ether oxygens (including phenoxy) is 5. The maximum atomic E-state index is 6.15. The molecule has 2 aromatic rings. The third kappa shape index (κ3) is 6.36. The van der Waals surface area contributed by atoms with E-state index < -0.39 is 0 Å². The van der Waals surface area contributed by atoms with Gasteiger partial charge in [-0.1, -0.05) is 6.07 Å². The molecule has 0 heterocycles. The van der Waals surface area contributed by atoms with Gasteiger partial charge in [0.15, 0.2) is 23.0 Å². The molecule has 0 amide bonds. The van der Waals surface area contributed by atoms with Gasteiger partial charge in [-0.15, -0.1) is 0 Å². The van der Waals surface area contributed by atoms with Crippen LogP contribution in [0.25, 0.3) is 0 Å². The van der Waals surface area contributed by atoms with E-state index in [1.165, 1.54) is 16.7 Å². The maximum absolute atomic E-state index is 6.15. The largest absolute Gasteiger partial charge is 0.493 e. The summed E-state index contributed by atoms with van der Waals surface area (Å²) in [7, 11) is 10.8. The van der Waals surface area contributed by atoms with Crippen molar-refractivity contribution in [3.63, 3.8) is 0 Å². The summed E-state index contributed by atoms with van der Waals surface area (Å²) in [6.07, 6.45) is 7.21. The highest BCUT2D eigenvalue weighted by Gasteiger charge is 2.32. The summed E-state index contributed by atoms with van der Waals surface area (Å²) in [5, 5.41) is 0. The van der Waals surface area contributed by atoms with E-state index in [9.17, 15) is 0 Å². The molecule has 6 heteroatoms. The lowest BCUT2D eigenvalue weighted by atomic mass is 9.88. The van der Waals surface area contributed by atoms with Gasteiger partial charge in [-0.2, -0.15) is 0 Å². The summed E-state index contributed by atoms with van der Waals surface area (Å²) in [5.41, 5.74) is 3.88. The van der Waals surface area contributed by atoms with Gasteiger partial charge in [-0.3, -0.25) is 0 Å². The summed E-state index contributed by atoms with van der Waals surface area (Å²) in [5.74, 6) is 3.17. The first-order chi connectivity index (χ1) is 16.5. The number of benzene rings is 2. The van der Waals surface area contributed by atoms with Crippen LogP contribution in [0.15, 0.2) is 30.3 Å². The van der Waals surface area contributed by atoms with Gasteiger partial charge in [-0.25, -0.2) is 0 Å². The normalized spacial score (nSPS) is 14.9. The Bertz CT molecular complexity index is 894. The first kappa shape index (κ1) is 26.2. The second kappa shape index (κ2) is 12.3. The Morgan fingerprint density at radius 1 is 0.735 bits per heavy atom. The average molecular weight is 472 g/mol. The van der Waals surface area contributed by atoms with Crippen LogP contribution in [0.2, 0.25) is 0 Å². The molecule has 0 bridgehead atoms. The van der Waals surface area contributed by atoms with Crippen molar-refractivity contribution in [2.24, 2.45) is 0 Å². The lowest BCUT2D eigenvalue weighted by molar-refractivity contribution is -0.0314. The van der Waals surface area contributed by atoms with Gasteiger partial charge in [0.1, 0.15) is 0 Å². The zero-order chi connectivity index (χ0) is 24.6. The predicted molar refractivity (Wildman–Crippen MR) is 136 cm³/mol. The molecular weight excluding hydrogens is 430 g/mol. The topological polar surface area (TPSA) is 49.4 Å². The van der Waals surface area contributed by atoms with Crippen molar-refractivity contribution in [2.75, 3.05) is 55.7 Å². The number of nitrogens with zero attached hydrogens (tertiary/aromatic N) is 1. The van der Waals surface area contributed by atoms with E-state index in [-0.39, 0.29) is 5.60 Å². The fourth-order valence-corrected chi connectivity index (χ4v) is 4.97. The monoisotopic (exact) mass is 471 g/mol. The Kier molecular flexibility index (Phi) is 9.48. The molecule has 0 aliphatic heterocycles. The Labute approximate surface area is 205 Å². The fourth-order valence-electron chi connectivity index (χ4n) is 4.97. The zero-order valence-corrected chi connectivity index (χ0v) is 21.7. The number of methoxy groups -OCH3 is 5. The minimum absolute atomic E-state index is 0.0797. The standard InChI is InChI=1S/C28H41NO5/c1-29(17-12-21-8-9-24(30-2)25(18-21)31-3)16-7-13-28(34-6)14-10-22-19-26(32-4)27(33-5)20-23(22)11-15-28/h8-9,18-20H,7,10-17H2,1-6H3. The van der Waals surface area contributed by atoms with E-state index in [0.29, 0.717) is 0 Å². The molecule has 0 aromatic heterocycles. The molecule has 3 rings (SSSR count). The first-order valence-electron chi connectivity index (χ1n) is 12.2. The van der Waals surface area contributed by atoms with Gasteiger partial charge in [0, 0.05) is 13.7 Å². The summed E-state index contributed by atoms with van der Waals surface area (Å²) in [4.78, 5) is 2.40. The Morgan fingerprint density at radius 3 is 1.82 bits per heavy atom.